The van der Waals surface area contributed by atoms with Gasteiger partial charge in [-0.15, -0.1) is 0 Å². The first kappa shape index (κ1) is 18.5. The molecule has 1 aliphatic carbocycles. The molecule has 0 bridgehead atoms. The van der Waals surface area contributed by atoms with Gasteiger partial charge in [-0.2, -0.15) is 0 Å². The molecule has 5 heteroatoms. The molecule has 1 fully saturated rings. The number of aliphatic hydroxyl groups excluding tert-OH is 1. The molecule has 0 radical (unpaired) electrons. The monoisotopic (exact) mass is 332 g/mol. The van der Waals surface area contributed by atoms with Gasteiger partial charge in [-0.05, 0) is 36.5 Å². The van der Waals surface area contributed by atoms with Gasteiger partial charge in [0, 0.05) is 31.3 Å². The van der Waals surface area contributed by atoms with Crippen LogP contribution in [-0.2, 0) is 0 Å². The van der Waals surface area contributed by atoms with Gasteiger partial charge in [-0.1, -0.05) is 38.2 Å². The molecular formula is C19H28N2O3. The van der Waals surface area contributed by atoms with Gasteiger partial charge in [-0.25, -0.2) is 0 Å². The van der Waals surface area contributed by atoms with E-state index in [9.17, 15) is 14.7 Å². The van der Waals surface area contributed by atoms with E-state index in [0.29, 0.717) is 23.6 Å². The van der Waals surface area contributed by atoms with Crippen LogP contribution in [-0.4, -0.2) is 37.1 Å². The summed E-state index contributed by atoms with van der Waals surface area (Å²) in [5.41, 5.74) is 0.927. The van der Waals surface area contributed by atoms with Crippen molar-refractivity contribution in [3.05, 3.63) is 35.4 Å². The molecule has 24 heavy (non-hydrogen) atoms. The fraction of sp³-hybridized carbons (Fsp3) is 0.579. The summed E-state index contributed by atoms with van der Waals surface area (Å²) in [5, 5.41) is 15.0. The maximum Gasteiger partial charge on any atom is 0.251 e. The van der Waals surface area contributed by atoms with Gasteiger partial charge in [0.05, 0.1) is 0 Å². The first-order valence-corrected chi connectivity index (χ1v) is 8.85. The van der Waals surface area contributed by atoms with E-state index in [1.54, 1.807) is 31.3 Å². The minimum absolute atomic E-state index is 0.0923. The van der Waals surface area contributed by atoms with Crippen LogP contribution in [0, 0.1) is 11.8 Å². The molecule has 3 N–H and O–H groups in total. The molecule has 0 aliphatic heterocycles. The summed E-state index contributed by atoms with van der Waals surface area (Å²) in [7, 11) is 1.56. The van der Waals surface area contributed by atoms with Gasteiger partial charge in [0.15, 0.2) is 0 Å². The van der Waals surface area contributed by atoms with Gasteiger partial charge in [0.25, 0.3) is 11.8 Å². The molecule has 1 aliphatic rings. The zero-order valence-electron chi connectivity index (χ0n) is 14.4. The molecule has 0 heterocycles. The van der Waals surface area contributed by atoms with E-state index in [1.807, 2.05) is 0 Å². The van der Waals surface area contributed by atoms with Crippen molar-refractivity contribution in [1.82, 2.24) is 10.6 Å². The van der Waals surface area contributed by atoms with E-state index in [0.717, 1.165) is 6.42 Å². The van der Waals surface area contributed by atoms with Crippen molar-refractivity contribution in [2.45, 2.75) is 38.5 Å². The van der Waals surface area contributed by atoms with Crippen molar-refractivity contribution in [2.24, 2.45) is 11.8 Å². The van der Waals surface area contributed by atoms with Crippen molar-refractivity contribution in [3.8, 4) is 0 Å². The summed E-state index contributed by atoms with van der Waals surface area (Å²) in [5.74, 6) is 0.349. The number of rotatable bonds is 7. The second-order valence-electron chi connectivity index (χ2n) is 6.66. The average molecular weight is 332 g/mol. The second kappa shape index (κ2) is 9.42. The summed E-state index contributed by atoms with van der Waals surface area (Å²) in [6.45, 7) is 0.561. The molecule has 132 valence electrons. The van der Waals surface area contributed by atoms with Crippen LogP contribution in [0.4, 0.5) is 0 Å². The Hall–Kier alpha value is -1.88. The molecule has 2 rings (SSSR count). The van der Waals surface area contributed by atoms with Crippen LogP contribution in [0.2, 0.25) is 0 Å². The zero-order valence-corrected chi connectivity index (χ0v) is 14.4. The Morgan fingerprint density at radius 3 is 2.46 bits per heavy atom. The van der Waals surface area contributed by atoms with Crippen LogP contribution in [0.25, 0.3) is 0 Å². The molecule has 1 atom stereocenters. The molecule has 1 aromatic rings. The Labute approximate surface area is 143 Å². The Morgan fingerprint density at radius 2 is 1.83 bits per heavy atom. The molecule has 0 unspecified atom stereocenters. The quantitative estimate of drug-likeness (QED) is 0.717. The van der Waals surface area contributed by atoms with E-state index >= 15 is 0 Å². The largest absolute Gasteiger partial charge is 0.396 e. The Morgan fingerprint density at radius 1 is 1.17 bits per heavy atom. The number of hydrogen-bond donors (Lipinski definition) is 3. The van der Waals surface area contributed by atoms with E-state index in [1.165, 1.54) is 32.1 Å². The van der Waals surface area contributed by atoms with Gasteiger partial charge in [0.1, 0.15) is 0 Å². The topological polar surface area (TPSA) is 78.4 Å². The summed E-state index contributed by atoms with van der Waals surface area (Å²) in [6.07, 6.45) is 7.31. The van der Waals surface area contributed by atoms with E-state index in [2.05, 4.69) is 10.6 Å². The van der Waals surface area contributed by atoms with E-state index in [4.69, 9.17) is 0 Å². The lowest BCUT2D eigenvalue weighted by atomic mass is 9.83. The van der Waals surface area contributed by atoms with Crippen LogP contribution in [0.15, 0.2) is 24.3 Å². The molecule has 0 aromatic heterocycles. The van der Waals surface area contributed by atoms with Crippen LogP contribution in [0.1, 0.15) is 59.2 Å². The maximum atomic E-state index is 12.3. The third-order valence-corrected chi connectivity index (χ3v) is 4.81. The number of benzene rings is 1. The molecule has 2 amide bonds. The van der Waals surface area contributed by atoms with Crippen LogP contribution >= 0.6 is 0 Å². The summed E-state index contributed by atoms with van der Waals surface area (Å²) in [4.78, 5) is 23.9. The predicted octanol–water partition coefficient (Wildman–Crippen LogP) is 2.35. The number of hydrogen-bond acceptors (Lipinski definition) is 3. The third-order valence-electron chi connectivity index (χ3n) is 4.81. The normalized spacial score (nSPS) is 16.4. The summed E-state index contributed by atoms with van der Waals surface area (Å²) in [6, 6.07) is 6.65. The van der Waals surface area contributed by atoms with Crippen molar-refractivity contribution in [1.29, 1.82) is 0 Å². The number of amides is 2. The number of aliphatic hydroxyl groups is 1. The fourth-order valence-electron chi connectivity index (χ4n) is 3.40. The van der Waals surface area contributed by atoms with Crippen molar-refractivity contribution in [3.63, 3.8) is 0 Å². The van der Waals surface area contributed by atoms with Crippen LogP contribution in [0.3, 0.4) is 0 Å². The molecule has 0 saturated heterocycles. The smallest absolute Gasteiger partial charge is 0.251 e. The molecule has 5 nitrogen and oxygen atoms in total. The van der Waals surface area contributed by atoms with Crippen molar-refractivity contribution >= 4 is 11.8 Å². The lowest BCUT2D eigenvalue weighted by molar-refractivity contribution is 0.0933. The minimum Gasteiger partial charge on any atom is -0.396 e. The SMILES string of the molecule is CNC(=O)c1cccc(C(=O)NC[C@H](CO)CC2CCCCC2)c1. The standard InChI is InChI=1S/C19H28N2O3/c1-20-18(23)16-8-5-9-17(11-16)19(24)21-12-15(13-22)10-14-6-3-2-4-7-14/h5,8-9,11,14-15,22H,2-4,6-7,10,12-13H2,1H3,(H,20,23)(H,21,24)/t15-/m1/s1. The fourth-order valence-corrected chi connectivity index (χ4v) is 3.40. The average Bonchev–Trinajstić information content (AvgIpc) is 2.65. The number of carbonyl (C=O) groups is 2. The van der Waals surface area contributed by atoms with Crippen molar-refractivity contribution < 1.29 is 14.7 Å². The third kappa shape index (κ3) is 5.34. The highest BCUT2D eigenvalue weighted by Gasteiger charge is 2.19. The number of carbonyl (C=O) groups excluding carboxylic acids is 2. The predicted molar refractivity (Wildman–Crippen MR) is 93.9 cm³/mol. The highest BCUT2D eigenvalue weighted by Crippen LogP contribution is 2.28. The van der Waals surface area contributed by atoms with Gasteiger partial charge < -0.3 is 15.7 Å². The Bertz CT molecular complexity index is 553. The minimum atomic E-state index is -0.213. The van der Waals surface area contributed by atoms with Gasteiger partial charge in [0.2, 0.25) is 0 Å². The Kier molecular flexibility index (Phi) is 7.25. The lowest BCUT2D eigenvalue weighted by Crippen LogP contribution is -2.32. The zero-order chi connectivity index (χ0) is 17.4. The first-order chi connectivity index (χ1) is 11.6. The van der Waals surface area contributed by atoms with Gasteiger partial charge >= 0.3 is 0 Å². The first-order valence-electron chi connectivity index (χ1n) is 8.85. The molecule has 1 saturated carbocycles. The number of nitrogens with one attached hydrogen (secondary N) is 2. The highest BCUT2D eigenvalue weighted by molar-refractivity contribution is 5.99. The van der Waals surface area contributed by atoms with Crippen LogP contribution in [0.5, 0.6) is 0 Å². The second-order valence-corrected chi connectivity index (χ2v) is 6.66. The van der Waals surface area contributed by atoms with E-state index < -0.39 is 0 Å². The van der Waals surface area contributed by atoms with E-state index in [-0.39, 0.29) is 24.3 Å². The molecule has 0 spiro atoms. The van der Waals surface area contributed by atoms with Crippen LogP contribution < -0.4 is 10.6 Å². The van der Waals surface area contributed by atoms with Crippen molar-refractivity contribution in [2.75, 3.05) is 20.2 Å². The lowest BCUT2D eigenvalue weighted by Gasteiger charge is -2.25. The highest BCUT2D eigenvalue weighted by atomic mass is 16.3. The Balaban J connectivity index is 1.87. The van der Waals surface area contributed by atoms with Gasteiger partial charge in [-0.3, -0.25) is 9.59 Å². The summed E-state index contributed by atoms with van der Waals surface area (Å²) >= 11 is 0. The molecular weight excluding hydrogens is 304 g/mol. The molecule has 1 aromatic carbocycles. The summed E-state index contributed by atoms with van der Waals surface area (Å²) < 4.78 is 0. The maximum absolute atomic E-state index is 12.3.